The number of nitrogens with one attached hydrogen (secondary N) is 2. The number of ether oxygens (including phenoxy) is 1. The van der Waals surface area contributed by atoms with Crippen molar-refractivity contribution in [3.05, 3.63) is 76.8 Å². The number of hydrogen-bond acceptors (Lipinski definition) is 16. The van der Waals surface area contributed by atoms with E-state index >= 15 is 4.79 Å². The van der Waals surface area contributed by atoms with Crippen LogP contribution in [-0.2, 0) is 19.1 Å². The maximum Gasteiger partial charge on any atom is 0.313 e. The average molecular weight is 1170 g/mol. The van der Waals surface area contributed by atoms with Gasteiger partial charge in [-0.1, -0.05) is 65.1 Å². The Labute approximate surface area is 488 Å². The zero-order chi connectivity index (χ0) is 58.2. The second-order valence-electron chi connectivity index (χ2n) is 26.8. The van der Waals surface area contributed by atoms with Crippen molar-refractivity contribution in [2.45, 2.75) is 152 Å². The molecule has 2 bridgehead atoms. The highest BCUT2D eigenvalue weighted by molar-refractivity contribution is 8.76. The lowest BCUT2D eigenvalue weighted by molar-refractivity contribution is -0.199. The van der Waals surface area contributed by atoms with Gasteiger partial charge in [0.2, 0.25) is 0 Å². The van der Waals surface area contributed by atoms with Gasteiger partial charge in [0, 0.05) is 90.1 Å². The number of phenolic OH excluding ortho intramolecular Hbond substituents is 1. The highest BCUT2D eigenvalue weighted by atomic mass is 33.1. The molecule has 3 heterocycles. The third-order valence-corrected chi connectivity index (χ3v) is 24.9. The van der Waals surface area contributed by atoms with E-state index in [0.717, 1.165) is 30.4 Å². The van der Waals surface area contributed by atoms with Crippen molar-refractivity contribution in [2.75, 3.05) is 31.2 Å². The third-order valence-electron chi connectivity index (χ3n) is 22.4. The van der Waals surface area contributed by atoms with E-state index in [9.17, 15) is 50.4 Å². The van der Waals surface area contributed by atoms with Crippen LogP contribution in [0.15, 0.2) is 70.6 Å². The van der Waals surface area contributed by atoms with Gasteiger partial charge < -0.3 is 67.4 Å². The molecule has 21 atom stereocenters. The van der Waals surface area contributed by atoms with Crippen LogP contribution in [-0.4, -0.2) is 136 Å². The number of aliphatic hydroxyl groups excluding tert-OH is 4. The number of nitrogens with two attached hydrogens (primary N) is 2. The molecule has 0 radical (unpaired) electrons. The Morgan fingerprint density at radius 2 is 1.71 bits per heavy atom. The summed E-state index contributed by atoms with van der Waals surface area (Å²) in [6, 6.07) is 8.65. The highest BCUT2D eigenvalue weighted by Crippen LogP contribution is 2.73. The van der Waals surface area contributed by atoms with Crippen LogP contribution in [0.3, 0.4) is 0 Å². The lowest BCUT2D eigenvalue weighted by atomic mass is 9.43. The molecular formula is C63H85N5O12S2. The van der Waals surface area contributed by atoms with Gasteiger partial charge in [-0.3, -0.25) is 19.4 Å². The van der Waals surface area contributed by atoms with Gasteiger partial charge in [-0.15, -0.1) is 5.92 Å². The van der Waals surface area contributed by atoms with Gasteiger partial charge in [0.1, 0.15) is 5.75 Å². The first-order valence-electron chi connectivity index (χ1n) is 30.0. The number of aliphatic hydroxyl groups is 7. The van der Waals surface area contributed by atoms with Gasteiger partial charge in [0.25, 0.3) is 0 Å². The number of guanidine groups is 1. The number of cyclic esters (lactones) is 1. The van der Waals surface area contributed by atoms with Crippen molar-refractivity contribution in [2.24, 2.45) is 98.3 Å². The SMILES string of the molecule is CC1CCC2=CCC3C(C(O)O)CC(O)C(C)(O)C4C(CC#CC(C5COC(=O)C5c5cc[nH]c5)CC3C2C1)CC1(O)C2=C3NCC(=O)CC(c5ccc(O)cc5)CSSCC5C(O)C(O)CC(C)(C2CCC41CCN=C(N)N)C5C3=O. The summed E-state index contributed by atoms with van der Waals surface area (Å²) < 4.78 is 5.91. The number of hydrogen-bond donors (Lipinski definition) is 12. The Bertz CT molecular complexity index is 2880. The van der Waals surface area contributed by atoms with Crippen LogP contribution in [0.4, 0.5) is 0 Å². The molecule has 4 saturated carbocycles. The van der Waals surface area contributed by atoms with Crippen LogP contribution >= 0.6 is 21.6 Å². The van der Waals surface area contributed by atoms with Crippen molar-refractivity contribution in [1.29, 1.82) is 0 Å². The first-order valence-corrected chi connectivity index (χ1v) is 32.5. The summed E-state index contributed by atoms with van der Waals surface area (Å²) in [4.78, 5) is 51.9. The second-order valence-corrected chi connectivity index (χ2v) is 29.3. The molecule has 6 fully saturated rings. The van der Waals surface area contributed by atoms with Crippen molar-refractivity contribution < 1.29 is 60.0 Å². The molecule has 2 aromatic rings. The van der Waals surface area contributed by atoms with E-state index in [-0.39, 0.29) is 129 Å². The molecule has 2 saturated heterocycles. The van der Waals surface area contributed by atoms with E-state index in [1.165, 1.54) is 27.2 Å². The number of H-pyrrole nitrogens is 1. The number of ketones is 2. The summed E-state index contributed by atoms with van der Waals surface area (Å²) in [5.41, 5.74) is 9.09. The van der Waals surface area contributed by atoms with Crippen molar-refractivity contribution in [1.82, 2.24) is 10.3 Å². The molecule has 17 nitrogen and oxygen atoms in total. The maximum atomic E-state index is 16.0. The molecule has 0 spiro atoms. The molecule has 21 unspecified atom stereocenters. The van der Waals surface area contributed by atoms with Crippen LogP contribution in [0, 0.1) is 93.7 Å². The lowest BCUT2D eigenvalue weighted by Crippen LogP contribution is -2.67. The fraction of sp³-hybridized carbons (Fsp3) is 0.683. The molecular weight excluding hydrogens is 1080 g/mol. The number of aromatic amines is 1. The van der Waals surface area contributed by atoms with Crippen LogP contribution in [0.25, 0.3) is 0 Å². The molecule has 2 aliphatic heterocycles. The number of allylic oxidation sites excluding steroid dienone is 3. The van der Waals surface area contributed by atoms with Crippen LogP contribution in [0.1, 0.15) is 127 Å². The minimum atomic E-state index is -2.06. The number of nitrogens with zero attached hydrogens (tertiary/aromatic N) is 1. The van der Waals surface area contributed by atoms with Gasteiger partial charge in [-0.25, -0.2) is 0 Å². The molecule has 0 amide bonds. The number of aliphatic imine (C=N–C) groups is 1. The van der Waals surface area contributed by atoms with E-state index in [0.29, 0.717) is 42.3 Å². The van der Waals surface area contributed by atoms with E-state index in [1.807, 2.05) is 19.2 Å². The van der Waals surface area contributed by atoms with Gasteiger partial charge in [0.05, 0.1) is 54.3 Å². The molecule has 7 aliphatic carbocycles. The molecule has 11 rings (SSSR count). The Balaban J connectivity index is 1.08. The monoisotopic (exact) mass is 1170 g/mol. The second kappa shape index (κ2) is 23.1. The fourth-order valence-electron chi connectivity index (χ4n) is 18.7. The molecule has 9 aliphatic rings. The zero-order valence-corrected chi connectivity index (χ0v) is 49.0. The van der Waals surface area contributed by atoms with Crippen LogP contribution in [0.5, 0.6) is 5.75 Å². The van der Waals surface area contributed by atoms with Crippen LogP contribution < -0.4 is 16.8 Å². The Morgan fingerprint density at radius 3 is 2.44 bits per heavy atom. The number of rotatable bonds is 7. The quantitative estimate of drug-likeness (QED) is 0.0324. The summed E-state index contributed by atoms with van der Waals surface area (Å²) in [5, 5.41) is 102. The number of carbonyl (C=O) groups excluding carboxylic acids is 3. The molecule has 1 aromatic heterocycles. The van der Waals surface area contributed by atoms with Gasteiger partial charge in [-0.2, -0.15) is 0 Å². The van der Waals surface area contributed by atoms with E-state index < -0.39 is 94.0 Å². The van der Waals surface area contributed by atoms with Gasteiger partial charge >= 0.3 is 5.97 Å². The number of aromatic nitrogens is 1. The number of fused-ring (bicyclic) bond motifs is 10. The molecule has 14 N–H and O–H groups in total. The number of Topliss-reactive ketones (excluding diaryl/α,β-unsaturated/α-hetero) is 2. The smallest absolute Gasteiger partial charge is 0.313 e. The van der Waals surface area contributed by atoms with E-state index in [2.05, 4.69) is 40.1 Å². The number of phenols is 1. The standard InChI is InChI=1S/C63H85N5O12S2/c1-32-7-8-34-11-14-41-43(42(34)21-32)23-35(45-29-80-58(77)50(45)37-16-19-66-27-37)5-4-6-36-25-63(79)52-47(15-17-62(63,18-20-67-59(64)65)56(36)61(3,78)49(72)24-44(41)57(75)76)60(2)26-48(71)54(73)46-31-82-81-30-38(33-9-12-39(69)13-10-33)22-40(70)28-68-53(52)55(74)51(46)60/h9-13,16,19,27,32,35-36,38,41-51,54,56-57,66,68-69,71-73,75-76,78-79H,6-8,14-15,17-18,20-26,28-31H2,1-3H3,(H4,64,65,67). The summed E-state index contributed by atoms with van der Waals surface area (Å²) in [6.07, 6.45) is 4.54. The third kappa shape index (κ3) is 10.4. The molecule has 19 heteroatoms. The Kier molecular flexibility index (Phi) is 16.8. The maximum absolute atomic E-state index is 16.0. The molecule has 82 heavy (non-hydrogen) atoms. The average Bonchev–Trinajstić information content (AvgIpc) is 2.72. The largest absolute Gasteiger partial charge is 0.508 e. The topological polar surface area (TPSA) is 314 Å². The summed E-state index contributed by atoms with van der Waals surface area (Å²) in [6.45, 7) is 5.68. The summed E-state index contributed by atoms with van der Waals surface area (Å²) in [5.74, 6) is 0.818. The zero-order valence-electron chi connectivity index (χ0n) is 47.4. The lowest BCUT2D eigenvalue weighted by Gasteiger charge is -2.63. The molecule has 446 valence electrons. The minimum Gasteiger partial charge on any atom is -0.508 e. The number of esters is 1. The van der Waals surface area contributed by atoms with Crippen molar-refractivity contribution >= 4 is 45.1 Å². The normalized spacial score (nSPS) is 43.3. The van der Waals surface area contributed by atoms with E-state index in [1.54, 1.807) is 37.4 Å². The van der Waals surface area contributed by atoms with Gasteiger partial charge in [-0.05, 0) is 153 Å². The van der Waals surface area contributed by atoms with Gasteiger partial charge in [0.15, 0.2) is 23.8 Å². The fourth-order valence-corrected chi connectivity index (χ4v) is 21.5. The predicted molar refractivity (Wildman–Crippen MR) is 312 cm³/mol. The number of aromatic hydroxyl groups is 1. The van der Waals surface area contributed by atoms with Crippen molar-refractivity contribution in [3.8, 4) is 17.6 Å². The van der Waals surface area contributed by atoms with Crippen LogP contribution in [0.2, 0.25) is 0 Å². The number of carbonyl (C=O) groups is 3. The minimum absolute atomic E-state index is 0.00614. The van der Waals surface area contributed by atoms with E-state index in [4.69, 9.17) is 16.2 Å². The first kappa shape index (κ1) is 59.4. The highest BCUT2D eigenvalue weighted by Gasteiger charge is 2.75. The molecule has 1 aromatic carbocycles. The summed E-state index contributed by atoms with van der Waals surface area (Å²) >= 11 is 0. The van der Waals surface area contributed by atoms with Crippen molar-refractivity contribution in [3.63, 3.8) is 0 Å². The summed E-state index contributed by atoms with van der Waals surface area (Å²) in [7, 11) is 3.02. The predicted octanol–water partition coefficient (Wildman–Crippen LogP) is 5.17. The Hall–Kier alpha value is -4.36. The number of benzene rings is 1. The Morgan fingerprint density at radius 1 is 0.939 bits per heavy atom. The first-order chi connectivity index (χ1) is 39.1.